The standard InChI is InChI=1S/C26H33N5O4/c1-18(2)17-31-24-23(25(33)28-26(31)34)30(15-16-35-3)21(27-24)9-10-22(32)29-13-11-20(12-14-29)19-7-5-4-6-8-19/h4-8,11,18H,9-10,12-17H2,1-3H3,(H,28,33,34). The Labute approximate surface area is 204 Å². The Bertz CT molecular complexity index is 1330. The van der Waals surface area contributed by atoms with E-state index in [0.29, 0.717) is 56.2 Å². The number of carbonyl (C=O) groups excluding carboxylic acids is 1. The maximum atomic E-state index is 13.0. The smallest absolute Gasteiger partial charge is 0.330 e. The van der Waals surface area contributed by atoms with Gasteiger partial charge in [0.05, 0.1) is 6.61 Å². The molecule has 4 rings (SSSR count). The second-order valence-electron chi connectivity index (χ2n) is 9.29. The molecule has 2 aromatic heterocycles. The van der Waals surface area contributed by atoms with Crippen LogP contribution in [0.5, 0.6) is 0 Å². The number of imidazole rings is 1. The van der Waals surface area contributed by atoms with Gasteiger partial charge in [-0.05, 0) is 23.5 Å². The summed E-state index contributed by atoms with van der Waals surface area (Å²) in [6.07, 6.45) is 3.59. The van der Waals surface area contributed by atoms with E-state index in [1.807, 2.05) is 36.9 Å². The number of amides is 1. The Morgan fingerprint density at radius 1 is 1.17 bits per heavy atom. The van der Waals surface area contributed by atoms with Gasteiger partial charge in [0, 0.05) is 46.1 Å². The Hall–Kier alpha value is -3.46. The average Bonchev–Trinajstić information content (AvgIpc) is 3.23. The Morgan fingerprint density at radius 3 is 2.60 bits per heavy atom. The second-order valence-corrected chi connectivity index (χ2v) is 9.29. The molecule has 35 heavy (non-hydrogen) atoms. The molecule has 0 radical (unpaired) electrons. The summed E-state index contributed by atoms with van der Waals surface area (Å²) in [6.45, 7) is 6.49. The number of aromatic amines is 1. The van der Waals surface area contributed by atoms with Crippen molar-refractivity contribution in [1.82, 2.24) is 24.0 Å². The van der Waals surface area contributed by atoms with Gasteiger partial charge < -0.3 is 14.2 Å². The minimum Gasteiger partial charge on any atom is -0.383 e. The van der Waals surface area contributed by atoms with Crippen molar-refractivity contribution in [3.8, 4) is 0 Å². The quantitative estimate of drug-likeness (QED) is 0.508. The summed E-state index contributed by atoms with van der Waals surface area (Å²) in [5.74, 6) is 0.854. The molecule has 1 aliphatic heterocycles. The molecule has 1 aliphatic rings. The van der Waals surface area contributed by atoms with Crippen LogP contribution < -0.4 is 11.2 Å². The summed E-state index contributed by atoms with van der Waals surface area (Å²) in [4.78, 5) is 47.2. The lowest BCUT2D eigenvalue weighted by atomic mass is 9.99. The summed E-state index contributed by atoms with van der Waals surface area (Å²) >= 11 is 0. The third-order valence-corrected chi connectivity index (χ3v) is 6.30. The van der Waals surface area contributed by atoms with E-state index in [1.54, 1.807) is 11.7 Å². The number of carbonyl (C=O) groups is 1. The van der Waals surface area contributed by atoms with E-state index in [2.05, 4.69) is 28.2 Å². The van der Waals surface area contributed by atoms with Gasteiger partial charge in [0.25, 0.3) is 5.56 Å². The first-order valence-electron chi connectivity index (χ1n) is 12.1. The molecule has 0 aliphatic carbocycles. The molecule has 9 nitrogen and oxygen atoms in total. The molecule has 3 aromatic rings. The Morgan fingerprint density at radius 2 is 1.94 bits per heavy atom. The predicted octanol–water partition coefficient (Wildman–Crippen LogP) is 2.44. The summed E-state index contributed by atoms with van der Waals surface area (Å²) in [7, 11) is 1.59. The number of rotatable bonds is 9. The first kappa shape index (κ1) is 24.7. The maximum absolute atomic E-state index is 13.0. The first-order valence-corrected chi connectivity index (χ1v) is 12.1. The normalized spacial score (nSPS) is 14.1. The first-order chi connectivity index (χ1) is 16.9. The number of fused-ring (bicyclic) bond motifs is 1. The van der Waals surface area contributed by atoms with E-state index < -0.39 is 11.2 Å². The highest BCUT2D eigenvalue weighted by Crippen LogP contribution is 2.23. The van der Waals surface area contributed by atoms with Crippen molar-refractivity contribution in [2.24, 2.45) is 5.92 Å². The molecule has 0 saturated heterocycles. The topological polar surface area (TPSA) is 102 Å². The molecule has 1 aromatic carbocycles. The lowest BCUT2D eigenvalue weighted by molar-refractivity contribution is -0.130. The molecular weight excluding hydrogens is 446 g/mol. The van der Waals surface area contributed by atoms with Gasteiger partial charge in [0.1, 0.15) is 5.82 Å². The molecular formula is C26H33N5O4. The number of ether oxygens (including phenoxy) is 1. The van der Waals surface area contributed by atoms with Crippen molar-refractivity contribution in [3.63, 3.8) is 0 Å². The zero-order valence-electron chi connectivity index (χ0n) is 20.6. The van der Waals surface area contributed by atoms with Crippen molar-refractivity contribution in [3.05, 3.63) is 68.6 Å². The number of benzene rings is 1. The highest BCUT2D eigenvalue weighted by Gasteiger charge is 2.22. The molecule has 0 atom stereocenters. The molecule has 0 spiro atoms. The van der Waals surface area contributed by atoms with Crippen LogP contribution in [0.25, 0.3) is 16.7 Å². The fourth-order valence-electron chi connectivity index (χ4n) is 4.55. The van der Waals surface area contributed by atoms with Crippen LogP contribution >= 0.6 is 0 Å². The number of nitrogens with one attached hydrogen (secondary N) is 1. The van der Waals surface area contributed by atoms with Crippen LogP contribution in [-0.2, 0) is 29.0 Å². The van der Waals surface area contributed by atoms with Gasteiger partial charge in [-0.25, -0.2) is 9.78 Å². The van der Waals surface area contributed by atoms with Crippen LogP contribution in [0.1, 0.15) is 38.1 Å². The number of nitrogens with zero attached hydrogens (tertiary/aromatic N) is 4. The molecule has 9 heteroatoms. The van der Waals surface area contributed by atoms with Crippen molar-refractivity contribution in [1.29, 1.82) is 0 Å². The highest BCUT2D eigenvalue weighted by molar-refractivity contribution is 5.79. The van der Waals surface area contributed by atoms with E-state index in [1.165, 1.54) is 15.7 Å². The van der Waals surface area contributed by atoms with Crippen LogP contribution in [0.2, 0.25) is 0 Å². The molecule has 186 valence electrons. The summed E-state index contributed by atoms with van der Waals surface area (Å²) < 4.78 is 8.53. The minimum absolute atomic E-state index is 0.0483. The third kappa shape index (κ3) is 5.45. The van der Waals surface area contributed by atoms with E-state index >= 15 is 0 Å². The van der Waals surface area contributed by atoms with Gasteiger partial charge >= 0.3 is 5.69 Å². The van der Waals surface area contributed by atoms with Gasteiger partial charge in [-0.15, -0.1) is 0 Å². The molecule has 1 N–H and O–H groups in total. The van der Waals surface area contributed by atoms with E-state index in [9.17, 15) is 14.4 Å². The molecule has 0 fully saturated rings. The molecule has 0 saturated carbocycles. The highest BCUT2D eigenvalue weighted by atomic mass is 16.5. The van der Waals surface area contributed by atoms with Gasteiger partial charge in [-0.3, -0.25) is 19.1 Å². The van der Waals surface area contributed by atoms with Crippen molar-refractivity contribution in [2.45, 2.75) is 46.2 Å². The fraction of sp³-hybridized carbons (Fsp3) is 0.462. The monoisotopic (exact) mass is 479 g/mol. The van der Waals surface area contributed by atoms with Crippen LogP contribution in [0.15, 0.2) is 46.0 Å². The van der Waals surface area contributed by atoms with Crippen molar-refractivity contribution >= 4 is 22.6 Å². The summed E-state index contributed by atoms with van der Waals surface area (Å²) in [5.41, 5.74) is 2.23. The average molecular weight is 480 g/mol. The molecule has 3 heterocycles. The second kappa shape index (κ2) is 10.9. The van der Waals surface area contributed by atoms with Gasteiger partial charge in [-0.1, -0.05) is 50.3 Å². The third-order valence-electron chi connectivity index (χ3n) is 6.30. The number of hydrogen-bond donors (Lipinski definition) is 1. The number of methoxy groups -OCH3 is 1. The van der Waals surface area contributed by atoms with Crippen LogP contribution in [0.4, 0.5) is 0 Å². The van der Waals surface area contributed by atoms with Crippen LogP contribution in [-0.4, -0.2) is 56.7 Å². The number of aromatic nitrogens is 4. The minimum atomic E-state index is -0.471. The number of aryl methyl sites for hydroxylation is 1. The van der Waals surface area contributed by atoms with Gasteiger partial charge in [-0.2, -0.15) is 0 Å². The molecule has 0 unspecified atom stereocenters. The van der Waals surface area contributed by atoms with Crippen molar-refractivity contribution in [2.75, 3.05) is 26.8 Å². The SMILES string of the molecule is COCCn1c(CCC(=O)N2CC=C(c3ccccc3)CC2)nc2c1c(=O)[nH]c(=O)n2CC(C)C. The van der Waals surface area contributed by atoms with E-state index in [-0.39, 0.29) is 18.2 Å². The van der Waals surface area contributed by atoms with E-state index in [4.69, 9.17) is 4.74 Å². The number of hydrogen-bond acceptors (Lipinski definition) is 5. The molecule has 1 amide bonds. The lowest BCUT2D eigenvalue weighted by Gasteiger charge is -2.26. The zero-order valence-corrected chi connectivity index (χ0v) is 20.6. The van der Waals surface area contributed by atoms with Crippen molar-refractivity contribution < 1.29 is 9.53 Å². The molecule has 0 bridgehead atoms. The predicted molar refractivity (Wildman–Crippen MR) is 135 cm³/mol. The zero-order chi connectivity index (χ0) is 24.9. The summed E-state index contributed by atoms with van der Waals surface area (Å²) in [6, 6.07) is 10.2. The Kier molecular flexibility index (Phi) is 7.65. The lowest BCUT2D eigenvalue weighted by Crippen LogP contribution is -2.35. The Balaban J connectivity index is 1.55. The largest absolute Gasteiger partial charge is 0.383 e. The van der Waals surface area contributed by atoms with E-state index in [0.717, 1.165) is 6.42 Å². The fourth-order valence-corrected chi connectivity index (χ4v) is 4.55. The van der Waals surface area contributed by atoms with Crippen LogP contribution in [0.3, 0.4) is 0 Å². The van der Waals surface area contributed by atoms with Gasteiger partial charge in [0.2, 0.25) is 5.91 Å². The van der Waals surface area contributed by atoms with Gasteiger partial charge in [0.15, 0.2) is 11.2 Å². The van der Waals surface area contributed by atoms with Crippen LogP contribution in [0, 0.1) is 5.92 Å². The summed E-state index contributed by atoms with van der Waals surface area (Å²) in [5, 5.41) is 0. The number of H-pyrrole nitrogens is 1. The maximum Gasteiger partial charge on any atom is 0.330 e.